The lowest BCUT2D eigenvalue weighted by Crippen LogP contribution is -2.27. The molecule has 4 aromatic rings. The van der Waals surface area contributed by atoms with Crippen LogP contribution in [-0.4, -0.2) is 25.8 Å². The number of carbonyl (C=O) groups excluding carboxylic acids is 1. The van der Waals surface area contributed by atoms with Crippen LogP contribution in [0.2, 0.25) is 0 Å². The predicted molar refractivity (Wildman–Crippen MR) is 241 cm³/mol. The van der Waals surface area contributed by atoms with Gasteiger partial charge in [0, 0.05) is 5.41 Å². The molecule has 0 bridgehead atoms. The summed E-state index contributed by atoms with van der Waals surface area (Å²) < 4.78 is 17.7. The number of rotatable bonds is 20. The molecule has 61 heavy (non-hydrogen) atoms. The van der Waals surface area contributed by atoms with E-state index in [9.17, 15) is 15.3 Å². The molecule has 2 aliphatic carbocycles. The summed E-state index contributed by atoms with van der Waals surface area (Å²) in [6, 6.07) is 31.3. The smallest absolute Gasteiger partial charge is 0.354 e. The average molecular weight is 821 g/mol. The molecule has 0 amide bonds. The molecular weight excluding hydrogens is 761 g/mol. The number of fused-ring (bicyclic) bond motifs is 4. The molecule has 0 aromatic heterocycles. The largest absolute Gasteiger partial charge is 0.494 e. The fourth-order valence-corrected chi connectivity index (χ4v) is 9.11. The number of benzene rings is 4. The van der Waals surface area contributed by atoms with Crippen molar-refractivity contribution in [2.24, 2.45) is 0 Å². The van der Waals surface area contributed by atoms with Crippen LogP contribution in [0.15, 0.2) is 96.1 Å². The molecule has 1 spiro atoms. The zero-order valence-corrected chi connectivity index (χ0v) is 36.8. The van der Waals surface area contributed by atoms with Gasteiger partial charge in [0.05, 0.1) is 24.9 Å². The Balaban J connectivity index is 1.15. The first-order valence-corrected chi connectivity index (χ1v) is 21.9. The van der Waals surface area contributed by atoms with E-state index < -0.39 is 11.4 Å². The van der Waals surface area contributed by atoms with E-state index in [-0.39, 0.29) is 23.0 Å². The molecule has 0 saturated carbocycles. The topological polar surface area (TPSA) is 111 Å². The molecule has 0 radical (unpaired) electrons. The van der Waals surface area contributed by atoms with Crippen molar-refractivity contribution in [3.8, 4) is 35.1 Å². The van der Waals surface area contributed by atoms with Crippen molar-refractivity contribution in [1.29, 1.82) is 10.5 Å². The summed E-state index contributed by atoms with van der Waals surface area (Å²) in [4.78, 5) is 25.0. The van der Waals surface area contributed by atoms with Crippen molar-refractivity contribution in [1.82, 2.24) is 0 Å². The number of ether oxygens (including phenoxy) is 3. The van der Waals surface area contributed by atoms with Crippen LogP contribution in [-0.2, 0) is 25.9 Å². The zero-order chi connectivity index (χ0) is 43.5. The maximum Gasteiger partial charge on any atom is 0.354 e. The molecular formula is C53H60N2O6. The van der Waals surface area contributed by atoms with Gasteiger partial charge in [-0.1, -0.05) is 116 Å². The lowest BCUT2D eigenvalue weighted by atomic mass is 9.72. The summed E-state index contributed by atoms with van der Waals surface area (Å²) in [5, 5.41) is 19.9. The van der Waals surface area contributed by atoms with Gasteiger partial charge in [-0.25, -0.2) is 4.79 Å². The van der Waals surface area contributed by atoms with Gasteiger partial charge < -0.3 is 19.1 Å². The Morgan fingerprint density at radius 2 is 1.10 bits per heavy atom. The maximum absolute atomic E-state index is 13.5. The van der Waals surface area contributed by atoms with E-state index in [0.717, 1.165) is 60.3 Å². The monoisotopic (exact) mass is 820 g/mol. The number of esters is 1. The van der Waals surface area contributed by atoms with E-state index in [2.05, 4.69) is 65.8 Å². The van der Waals surface area contributed by atoms with Crippen LogP contribution < -0.4 is 19.1 Å². The van der Waals surface area contributed by atoms with Crippen LogP contribution >= 0.6 is 0 Å². The van der Waals surface area contributed by atoms with E-state index in [0.29, 0.717) is 35.8 Å². The van der Waals surface area contributed by atoms with Crippen molar-refractivity contribution < 1.29 is 28.8 Å². The van der Waals surface area contributed by atoms with Gasteiger partial charge in [-0.15, -0.1) is 0 Å². The molecule has 6 rings (SSSR count). The molecule has 0 saturated heterocycles. The van der Waals surface area contributed by atoms with Crippen LogP contribution in [0.1, 0.15) is 139 Å². The normalized spacial score (nSPS) is 17.2. The minimum atomic E-state index is -0.713. The van der Waals surface area contributed by atoms with Crippen molar-refractivity contribution in [3.63, 3.8) is 0 Å². The van der Waals surface area contributed by atoms with Crippen LogP contribution in [0.4, 0.5) is 0 Å². The van der Waals surface area contributed by atoms with Crippen LogP contribution in [0.5, 0.6) is 23.0 Å². The first-order valence-electron chi connectivity index (χ1n) is 21.9. The summed E-state index contributed by atoms with van der Waals surface area (Å²) in [5.41, 5.74) is 5.85. The highest BCUT2D eigenvalue weighted by atomic mass is 17.2. The zero-order valence-electron chi connectivity index (χ0n) is 36.8. The molecule has 0 fully saturated rings. The van der Waals surface area contributed by atoms with Gasteiger partial charge in [0.2, 0.25) is 0 Å². The molecule has 0 heterocycles. The Kier molecular flexibility index (Phi) is 14.8. The highest BCUT2D eigenvalue weighted by molar-refractivity contribution is 5.99. The standard InChI is InChI=1S/C53H60N2O6/c1-7-9-11-13-27-57-42-19-15-38(16-20-42)29-40(33-54)35-59-61-45-24-26-47-49(32-45)53(37-52(47,5)6)36-51(3,4)46-25-23-44(31-48(46)53)60-50(56)41(34-55)30-39-17-21-43(22-18-39)58-28-14-12-10-8-2/h15-26,29-32H,7-14,27-28,35-37H2,1-6H3. The van der Waals surface area contributed by atoms with Crippen molar-refractivity contribution >= 4 is 18.1 Å². The Morgan fingerprint density at radius 1 is 0.607 bits per heavy atom. The van der Waals surface area contributed by atoms with E-state index in [1.54, 1.807) is 12.2 Å². The molecule has 1 atom stereocenters. The van der Waals surface area contributed by atoms with Gasteiger partial charge in [-0.05, 0) is 131 Å². The Labute approximate surface area is 362 Å². The third kappa shape index (κ3) is 10.9. The Hall–Kier alpha value is -5.83. The molecule has 8 heteroatoms. The fraction of sp³-hybridized carbons (Fsp3) is 0.415. The van der Waals surface area contributed by atoms with Gasteiger partial charge in [0.1, 0.15) is 35.5 Å². The lowest BCUT2D eigenvalue weighted by Gasteiger charge is -2.30. The van der Waals surface area contributed by atoms with E-state index in [4.69, 9.17) is 24.0 Å². The van der Waals surface area contributed by atoms with Gasteiger partial charge in [-0.2, -0.15) is 15.4 Å². The second-order valence-electron chi connectivity index (χ2n) is 17.8. The van der Waals surface area contributed by atoms with Crippen LogP contribution in [0.25, 0.3) is 12.2 Å². The summed E-state index contributed by atoms with van der Waals surface area (Å²) in [6.45, 7) is 14.7. The van der Waals surface area contributed by atoms with E-state index in [1.807, 2.05) is 72.8 Å². The number of hydrogen-bond acceptors (Lipinski definition) is 8. The second kappa shape index (κ2) is 20.2. The number of unbranched alkanes of at least 4 members (excludes halogenated alkanes) is 6. The molecule has 1 unspecified atom stereocenters. The van der Waals surface area contributed by atoms with Gasteiger partial charge in [0.25, 0.3) is 0 Å². The molecule has 318 valence electrons. The van der Waals surface area contributed by atoms with Crippen molar-refractivity contribution in [2.75, 3.05) is 19.8 Å². The van der Waals surface area contributed by atoms with Crippen LogP contribution in [0.3, 0.4) is 0 Å². The summed E-state index contributed by atoms with van der Waals surface area (Å²) in [5.74, 6) is 1.78. The van der Waals surface area contributed by atoms with E-state index in [1.165, 1.54) is 43.2 Å². The molecule has 0 aliphatic heterocycles. The van der Waals surface area contributed by atoms with Crippen molar-refractivity contribution in [2.45, 2.75) is 122 Å². The molecule has 0 N–H and O–H groups in total. The number of nitriles is 2. The molecule has 8 nitrogen and oxygen atoms in total. The Morgan fingerprint density at radius 3 is 1.61 bits per heavy atom. The number of nitrogens with zero attached hydrogens (tertiary/aromatic N) is 2. The SMILES string of the molecule is CCCCCCOc1ccc(C=C(C#N)COOc2ccc3c(c2)C2(CC3(C)C)CC(C)(C)c3ccc(OC(=O)C(C#N)=Cc4ccc(OCCCCCC)cc4)cc32)cc1. The predicted octanol–water partition coefficient (Wildman–Crippen LogP) is 12.7. The molecule has 4 aromatic carbocycles. The quantitative estimate of drug-likeness (QED) is 0.0165. The third-order valence-electron chi connectivity index (χ3n) is 12.0. The lowest BCUT2D eigenvalue weighted by molar-refractivity contribution is -0.197. The van der Waals surface area contributed by atoms with E-state index >= 15 is 0 Å². The first-order chi connectivity index (χ1) is 29.4. The highest BCUT2D eigenvalue weighted by Crippen LogP contribution is 2.63. The summed E-state index contributed by atoms with van der Waals surface area (Å²) in [7, 11) is 0. The summed E-state index contributed by atoms with van der Waals surface area (Å²) >= 11 is 0. The van der Waals surface area contributed by atoms with Crippen molar-refractivity contribution in [3.05, 3.63) is 129 Å². The summed E-state index contributed by atoms with van der Waals surface area (Å²) in [6.07, 6.45) is 14.2. The number of carbonyl (C=O) groups is 1. The van der Waals surface area contributed by atoms with Crippen LogP contribution in [0, 0.1) is 22.7 Å². The average Bonchev–Trinajstić information content (AvgIpc) is 3.61. The second-order valence-corrected chi connectivity index (χ2v) is 17.8. The minimum Gasteiger partial charge on any atom is -0.494 e. The minimum absolute atomic E-state index is 0.0253. The van der Waals surface area contributed by atoms with Gasteiger partial charge in [0.15, 0.2) is 5.75 Å². The fourth-order valence-electron chi connectivity index (χ4n) is 9.11. The highest BCUT2D eigenvalue weighted by Gasteiger charge is 2.56. The third-order valence-corrected chi connectivity index (χ3v) is 12.0. The Bertz CT molecular complexity index is 2290. The van der Waals surface area contributed by atoms with Gasteiger partial charge in [-0.3, -0.25) is 0 Å². The molecule has 2 aliphatic rings. The first kappa shape index (κ1) is 44.7. The maximum atomic E-state index is 13.5. The number of hydrogen-bond donors (Lipinski definition) is 0. The van der Waals surface area contributed by atoms with Gasteiger partial charge >= 0.3 is 5.97 Å².